The zero-order valence-corrected chi connectivity index (χ0v) is 12.9. The van der Waals surface area contributed by atoms with Gasteiger partial charge >= 0.3 is 0 Å². The average Bonchev–Trinajstić information content (AvgIpc) is 2.32. The van der Waals surface area contributed by atoms with Crippen molar-refractivity contribution in [3.63, 3.8) is 0 Å². The van der Waals surface area contributed by atoms with Crippen LogP contribution in [0.5, 0.6) is 0 Å². The summed E-state index contributed by atoms with van der Waals surface area (Å²) < 4.78 is 13.0. The Kier molecular flexibility index (Phi) is 8.46. The van der Waals surface area contributed by atoms with Gasteiger partial charge < -0.3 is 4.57 Å². The van der Waals surface area contributed by atoms with Gasteiger partial charge in [0.2, 0.25) is 0 Å². The Bertz CT molecular complexity index is 199. The first kappa shape index (κ1) is 16.2. The summed E-state index contributed by atoms with van der Waals surface area (Å²) in [5.74, 6) is 0. The summed E-state index contributed by atoms with van der Waals surface area (Å²) in [6, 6.07) is 0. The largest absolute Gasteiger partial charge is 0.323 e. The molecule has 0 aromatic rings. The molecule has 0 N–H and O–H groups in total. The summed E-state index contributed by atoms with van der Waals surface area (Å²) in [5.41, 5.74) is 0.841. The lowest BCUT2D eigenvalue weighted by molar-refractivity contribution is 0.547. The second-order valence-electron chi connectivity index (χ2n) is 5.15. The highest BCUT2D eigenvalue weighted by atomic mass is 31.2. The number of unbranched alkanes of at least 4 members (excludes halogenated alkanes) is 3. The minimum Gasteiger partial charge on any atom is -0.323 e. The van der Waals surface area contributed by atoms with Crippen molar-refractivity contribution in [2.75, 3.05) is 6.16 Å². The normalized spacial score (nSPS) is 19.1. The molecule has 0 aliphatic heterocycles. The summed E-state index contributed by atoms with van der Waals surface area (Å²) in [7, 11) is -1.94. The van der Waals surface area contributed by atoms with Gasteiger partial charge in [-0.3, -0.25) is 0 Å². The molecule has 0 saturated carbocycles. The molecule has 0 aliphatic rings. The van der Waals surface area contributed by atoms with Crippen molar-refractivity contribution in [1.29, 1.82) is 0 Å². The molecule has 0 aromatic carbocycles. The van der Waals surface area contributed by atoms with E-state index in [4.69, 9.17) is 0 Å². The molecular formula is C14H31OP. The van der Waals surface area contributed by atoms with E-state index in [2.05, 4.69) is 34.6 Å². The first-order valence-electron chi connectivity index (χ1n) is 7.11. The lowest BCUT2D eigenvalue weighted by Crippen LogP contribution is -2.15. The van der Waals surface area contributed by atoms with E-state index in [-0.39, 0.29) is 0 Å². The summed E-state index contributed by atoms with van der Waals surface area (Å²) in [4.78, 5) is 0. The summed E-state index contributed by atoms with van der Waals surface area (Å²) in [6.07, 6.45) is 8.09. The van der Waals surface area contributed by atoms with Gasteiger partial charge in [0.15, 0.2) is 0 Å². The van der Waals surface area contributed by atoms with Gasteiger partial charge in [0.05, 0.1) is 7.14 Å². The molecule has 2 atom stereocenters. The molecule has 0 fully saturated rings. The molecule has 2 unspecified atom stereocenters. The standard InChI is InChI=1S/C14H31OP/c1-6-9-10-11-12-16(15,13(4)7-2)14(5)8-3/h13-14H,6-12H2,1-5H3. The second-order valence-corrected chi connectivity index (χ2v) is 9.07. The zero-order valence-electron chi connectivity index (χ0n) is 12.0. The molecule has 0 aliphatic carbocycles. The maximum Gasteiger partial charge on any atom is 0.0930 e. The van der Waals surface area contributed by atoms with Gasteiger partial charge in [-0.1, -0.05) is 53.9 Å². The highest BCUT2D eigenvalue weighted by molar-refractivity contribution is 7.65. The molecule has 0 saturated heterocycles. The van der Waals surface area contributed by atoms with Crippen LogP contribution in [0.3, 0.4) is 0 Å². The van der Waals surface area contributed by atoms with Crippen LogP contribution in [-0.2, 0) is 4.57 Å². The summed E-state index contributed by atoms with van der Waals surface area (Å²) in [6.45, 7) is 10.9. The first-order valence-corrected chi connectivity index (χ1v) is 9.14. The summed E-state index contributed by atoms with van der Waals surface area (Å²) in [5, 5.41) is 0. The van der Waals surface area contributed by atoms with E-state index < -0.39 is 7.14 Å². The Morgan fingerprint density at radius 1 is 0.875 bits per heavy atom. The predicted octanol–water partition coefficient (Wildman–Crippen LogP) is 5.53. The monoisotopic (exact) mass is 246 g/mol. The van der Waals surface area contributed by atoms with Crippen molar-refractivity contribution in [2.45, 2.75) is 84.5 Å². The molecule has 1 nitrogen and oxygen atoms in total. The maximum atomic E-state index is 13.0. The third kappa shape index (κ3) is 4.62. The number of hydrogen-bond donors (Lipinski definition) is 0. The van der Waals surface area contributed by atoms with Gasteiger partial charge in [0.25, 0.3) is 0 Å². The van der Waals surface area contributed by atoms with Crippen LogP contribution in [-0.4, -0.2) is 17.5 Å². The fraction of sp³-hybridized carbons (Fsp3) is 1.00. The minimum absolute atomic E-state index is 0.420. The van der Waals surface area contributed by atoms with E-state index in [1.54, 1.807) is 0 Å². The highest BCUT2D eigenvalue weighted by Gasteiger charge is 2.32. The van der Waals surface area contributed by atoms with Crippen molar-refractivity contribution in [2.24, 2.45) is 0 Å². The van der Waals surface area contributed by atoms with Crippen molar-refractivity contribution in [3.05, 3.63) is 0 Å². The Hall–Kier alpha value is 0.230. The Morgan fingerprint density at radius 3 is 1.75 bits per heavy atom. The lowest BCUT2D eigenvalue weighted by atomic mass is 10.2. The Labute approximate surface area is 103 Å². The van der Waals surface area contributed by atoms with Crippen molar-refractivity contribution >= 4 is 7.14 Å². The van der Waals surface area contributed by atoms with E-state index in [9.17, 15) is 4.57 Å². The smallest absolute Gasteiger partial charge is 0.0930 e. The minimum atomic E-state index is -1.94. The molecule has 16 heavy (non-hydrogen) atoms. The Balaban J connectivity index is 4.37. The maximum absolute atomic E-state index is 13.0. The third-order valence-electron chi connectivity index (χ3n) is 4.03. The van der Waals surface area contributed by atoms with Crippen molar-refractivity contribution in [1.82, 2.24) is 0 Å². The molecule has 98 valence electrons. The summed E-state index contributed by atoms with van der Waals surface area (Å²) >= 11 is 0. The van der Waals surface area contributed by atoms with Crippen molar-refractivity contribution < 1.29 is 4.57 Å². The van der Waals surface area contributed by atoms with Crippen LogP contribution in [0.1, 0.15) is 73.1 Å². The van der Waals surface area contributed by atoms with Crippen LogP contribution >= 0.6 is 7.14 Å². The molecular weight excluding hydrogens is 215 g/mol. The second kappa shape index (κ2) is 8.34. The molecule has 0 aromatic heterocycles. The van der Waals surface area contributed by atoms with E-state index in [0.717, 1.165) is 19.0 Å². The number of rotatable bonds is 9. The molecule has 0 spiro atoms. The topological polar surface area (TPSA) is 17.1 Å². The predicted molar refractivity (Wildman–Crippen MR) is 76.1 cm³/mol. The fourth-order valence-electron chi connectivity index (χ4n) is 2.28. The van der Waals surface area contributed by atoms with E-state index in [0.29, 0.717) is 11.3 Å². The first-order chi connectivity index (χ1) is 7.52. The SMILES string of the molecule is CCCCCCP(=O)(C(C)CC)C(C)CC. The van der Waals surface area contributed by atoms with Crippen LogP contribution in [0.2, 0.25) is 0 Å². The van der Waals surface area contributed by atoms with E-state index in [1.807, 2.05) is 0 Å². The third-order valence-corrected chi connectivity index (χ3v) is 8.76. The van der Waals surface area contributed by atoms with E-state index >= 15 is 0 Å². The number of hydrogen-bond acceptors (Lipinski definition) is 1. The molecule has 0 bridgehead atoms. The van der Waals surface area contributed by atoms with Gasteiger partial charge in [0, 0.05) is 17.5 Å². The van der Waals surface area contributed by atoms with Crippen LogP contribution in [0.4, 0.5) is 0 Å². The molecule has 0 heterocycles. The lowest BCUT2D eigenvalue weighted by Gasteiger charge is -2.29. The van der Waals surface area contributed by atoms with Crippen LogP contribution in [0, 0.1) is 0 Å². The quantitative estimate of drug-likeness (QED) is 0.386. The molecule has 0 rings (SSSR count). The molecule has 0 amide bonds. The fourth-order valence-corrected chi connectivity index (χ4v) is 5.98. The van der Waals surface area contributed by atoms with Gasteiger partial charge in [-0.15, -0.1) is 0 Å². The van der Waals surface area contributed by atoms with Crippen LogP contribution < -0.4 is 0 Å². The van der Waals surface area contributed by atoms with Crippen LogP contribution in [0.15, 0.2) is 0 Å². The average molecular weight is 246 g/mol. The van der Waals surface area contributed by atoms with Gasteiger partial charge in [-0.05, 0) is 19.3 Å². The highest BCUT2D eigenvalue weighted by Crippen LogP contribution is 2.57. The van der Waals surface area contributed by atoms with Crippen LogP contribution in [0.25, 0.3) is 0 Å². The van der Waals surface area contributed by atoms with Crippen molar-refractivity contribution in [3.8, 4) is 0 Å². The van der Waals surface area contributed by atoms with Gasteiger partial charge in [0.1, 0.15) is 0 Å². The zero-order chi connectivity index (χ0) is 12.6. The van der Waals surface area contributed by atoms with Gasteiger partial charge in [-0.25, -0.2) is 0 Å². The van der Waals surface area contributed by atoms with Gasteiger partial charge in [-0.2, -0.15) is 0 Å². The molecule has 2 heteroatoms. The van der Waals surface area contributed by atoms with E-state index in [1.165, 1.54) is 25.7 Å². The molecule has 0 radical (unpaired) electrons. The Morgan fingerprint density at radius 2 is 1.38 bits per heavy atom.